The second-order valence-corrected chi connectivity index (χ2v) is 8.13. The number of carbonyl (C=O) groups excluding carboxylic acids is 1. The van der Waals surface area contributed by atoms with Crippen LogP contribution in [0.1, 0.15) is 43.7 Å². The molecule has 0 radical (unpaired) electrons. The maximum absolute atomic E-state index is 12.6. The Balaban J connectivity index is 1.69. The lowest BCUT2D eigenvalue weighted by atomic mass is 9.65. The highest BCUT2D eigenvalue weighted by Gasteiger charge is 2.51. The molecule has 2 heterocycles. The van der Waals surface area contributed by atoms with Crippen molar-refractivity contribution in [2.75, 3.05) is 10.0 Å². The van der Waals surface area contributed by atoms with Crippen LogP contribution in [0, 0.1) is 0 Å². The van der Waals surface area contributed by atoms with E-state index in [1.165, 1.54) is 0 Å². The number of nitrogens with one attached hydrogen (secondary N) is 2. The van der Waals surface area contributed by atoms with Crippen LogP contribution in [-0.4, -0.2) is 20.2 Å². The van der Waals surface area contributed by atoms with Crippen molar-refractivity contribution in [3.8, 4) is 0 Å². The molecular formula is C18H22N4O2S. The first kappa shape index (κ1) is 16.5. The van der Waals surface area contributed by atoms with Gasteiger partial charge < -0.3 is 9.87 Å². The molecule has 1 fully saturated rings. The van der Waals surface area contributed by atoms with Crippen LogP contribution in [0.15, 0.2) is 29.4 Å². The highest BCUT2D eigenvalue weighted by Crippen LogP contribution is 2.53. The highest BCUT2D eigenvalue weighted by atomic mass is 32.2. The topological polar surface area (TPSA) is 82.0 Å². The van der Waals surface area contributed by atoms with E-state index in [-0.39, 0.29) is 11.3 Å². The number of aryl methyl sites for hydroxylation is 2. The Morgan fingerprint density at radius 2 is 2.24 bits per heavy atom. The maximum atomic E-state index is 12.6. The third-order valence-corrected chi connectivity index (χ3v) is 6.30. The van der Waals surface area contributed by atoms with Gasteiger partial charge in [-0.05, 0) is 42.5 Å². The van der Waals surface area contributed by atoms with Crippen LogP contribution in [0.25, 0.3) is 0 Å². The molecule has 25 heavy (non-hydrogen) atoms. The summed E-state index contributed by atoms with van der Waals surface area (Å²) in [6.07, 6.45) is 8.08. The molecule has 1 aliphatic heterocycles. The molecule has 0 bridgehead atoms. The fourth-order valence-electron chi connectivity index (χ4n) is 3.80. The van der Waals surface area contributed by atoms with Crippen molar-refractivity contribution >= 4 is 28.6 Å². The van der Waals surface area contributed by atoms with Gasteiger partial charge in [0.15, 0.2) is 0 Å². The van der Waals surface area contributed by atoms with E-state index < -0.39 is 11.4 Å². The second-order valence-electron chi connectivity index (χ2n) is 6.92. The van der Waals surface area contributed by atoms with Crippen LogP contribution in [0.2, 0.25) is 0 Å². The zero-order valence-corrected chi connectivity index (χ0v) is 15.3. The molecule has 1 atom stereocenters. The Morgan fingerprint density at radius 1 is 1.44 bits per heavy atom. The van der Waals surface area contributed by atoms with E-state index in [2.05, 4.69) is 22.1 Å². The molecule has 1 saturated carbocycles. The van der Waals surface area contributed by atoms with E-state index >= 15 is 0 Å². The molecule has 132 valence electrons. The first-order chi connectivity index (χ1) is 12.0. The van der Waals surface area contributed by atoms with Crippen molar-refractivity contribution in [2.24, 2.45) is 7.05 Å². The minimum atomic E-state index is -1.38. The van der Waals surface area contributed by atoms with Crippen molar-refractivity contribution in [1.29, 1.82) is 0 Å². The van der Waals surface area contributed by atoms with E-state index in [4.69, 9.17) is 0 Å². The van der Waals surface area contributed by atoms with E-state index in [9.17, 15) is 9.35 Å². The lowest BCUT2D eigenvalue weighted by Gasteiger charge is -2.36. The molecule has 1 spiro atoms. The van der Waals surface area contributed by atoms with Crippen molar-refractivity contribution in [1.82, 2.24) is 9.78 Å². The molecule has 1 aliphatic carbocycles. The Kier molecular flexibility index (Phi) is 4.00. The first-order valence-electron chi connectivity index (χ1n) is 8.69. The lowest BCUT2D eigenvalue weighted by Crippen LogP contribution is -2.40. The molecule has 1 aromatic carbocycles. The second kappa shape index (κ2) is 6.07. The van der Waals surface area contributed by atoms with E-state index in [1.807, 2.05) is 12.1 Å². The predicted octanol–water partition coefficient (Wildman–Crippen LogP) is 2.88. The van der Waals surface area contributed by atoms with Crippen molar-refractivity contribution in [2.45, 2.75) is 49.3 Å². The fraction of sp³-hybridized carbons (Fsp3) is 0.444. The normalized spacial score (nSPS) is 18.6. The smallest absolute Gasteiger partial charge is 0.235 e. The van der Waals surface area contributed by atoms with Gasteiger partial charge in [-0.3, -0.25) is 9.48 Å². The molecule has 1 aromatic heterocycles. The van der Waals surface area contributed by atoms with Gasteiger partial charge in [0.05, 0.1) is 17.3 Å². The molecule has 7 heteroatoms. The van der Waals surface area contributed by atoms with Crippen molar-refractivity contribution < 1.29 is 9.35 Å². The average Bonchev–Trinajstić information content (AvgIpc) is 3.08. The number of carbonyl (C=O) groups is 1. The summed E-state index contributed by atoms with van der Waals surface area (Å²) < 4.78 is 17.3. The summed E-state index contributed by atoms with van der Waals surface area (Å²) in [5.41, 5.74) is 3.59. The largest absolute Gasteiger partial charge is 0.588 e. The molecule has 0 saturated heterocycles. The van der Waals surface area contributed by atoms with Gasteiger partial charge in [0.1, 0.15) is 17.6 Å². The Hall–Kier alpha value is -1.99. The van der Waals surface area contributed by atoms with Crippen LogP contribution in [0.3, 0.4) is 0 Å². The number of nitrogens with zero attached hydrogens (tertiary/aromatic N) is 2. The standard InChI is InChI=1S/C18H22N4O2S/c1-3-5-12-8-13(21-25(24)14-10-19-22(2)11-14)9-15-16(12)20-17(23)18(15)6-4-7-18/h8-11,21H,3-7H2,1-2H3,(H,20,23). The highest BCUT2D eigenvalue weighted by molar-refractivity contribution is 7.92. The summed E-state index contributed by atoms with van der Waals surface area (Å²) >= 11 is -1.38. The molecule has 4 rings (SSSR count). The molecule has 1 amide bonds. The van der Waals surface area contributed by atoms with Gasteiger partial charge in [-0.25, -0.2) is 4.72 Å². The molecule has 2 aromatic rings. The predicted molar refractivity (Wildman–Crippen MR) is 97.8 cm³/mol. The minimum Gasteiger partial charge on any atom is -0.588 e. The van der Waals surface area contributed by atoms with Crippen molar-refractivity contribution in [3.63, 3.8) is 0 Å². The van der Waals surface area contributed by atoms with Gasteiger partial charge in [-0.2, -0.15) is 5.10 Å². The molecule has 6 nitrogen and oxygen atoms in total. The SMILES string of the molecule is CCCc1cc(N[S+]([O-])c2cnn(C)c2)cc2c1NC(=O)C21CCC1. The number of hydrogen-bond donors (Lipinski definition) is 2. The van der Waals surface area contributed by atoms with Gasteiger partial charge in [-0.1, -0.05) is 19.8 Å². The quantitative estimate of drug-likeness (QED) is 0.805. The Morgan fingerprint density at radius 3 is 2.84 bits per heavy atom. The van der Waals surface area contributed by atoms with Crippen LogP contribution in [-0.2, 0) is 35.0 Å². The summed E-state index contributed by atoms with van der Waals surface area (Å²) in [5, 5.41) is 7.17. The van der Waals surface area contributed by atoms with E-state index in [1.54, 1.807) is 24.1 Å². The summed E-state index contributed by atoms with van der Waals surface area (Å²) in [6.45, 7) is 2.12. The fourth-order valence-corrected chi connectivity index (χ4v) is 4.64. The number of anilines is 2. The minimum absolute atomic E-state index is 0.122. The van der Waals surface area contributed by atoms with Crippen LogP contribution in [0.5, 0.6) is 0 Å². The number of amides is 1. The van der Waals surface area contributed by atoms with Gasteiger partial charge in [0, 0.05) is 12.7 Å². The molecular weight excluding hydrogens is 336 g/mol. The monoisotopic (exact) mass is 358 g/mol. The van der Waals surface area contributed by atoms with Crippen molar-refractivity contribution in [3.05, 3.63) is 35.7 Å². The third-order valence-electron chi connectivity index (χ3n) is 5.24. The van der Waals surface area contributed by atoms with Crippen LogP contribution >= 0.6 is 0 Å². The summed E-state index contributed by atoms with van der Waals surface area (Å²) in [5.74, 6) is 0.122. The van der Waals surface area contributed by atoms with E-state index in [0.29, 0.717) is 4.90 Å². The van der Waals surface area contributed by atoms with Gasteiger partial charge >= 0.3 is 0 Å². The number of fused-ring (bicyclic) bond motifs is 2. The number of aromatic nitrogens is 2. The van der Waals surface area contributed by atoms with Gasteiger partial charge in [-0.15, -0.1) is 0 Å². The van der Waals surface area contributed by atoms with E-state index in [0.717, 1.165) is 54.6 Å². The van der Waals surface area contributed by atoms with Gasteiger partial charge in [0.25, 0.3) is 0 Å². The number of benzene rings is 1. The lowest BCUT2D eigenvalue weighted by molar-refractivity contribution is -0.123. The summed E-state index contributed by atoms with van der Waals surface area (Å²) in [4.78, 5) is 13.2. The zero-order chi connectivity index (χ0) is 17.6. The molecule has 2 aliphatic rings. The van der Waals surface area contributed by atoms with Crippen LogP contribution < -0.4 is 10.0 Å². The Bertz CT molecular complexity index is 828. The zero-order valence-electron chi connectivity index (χ0n) is 14.5. The number of rotatable bonds is 5. The first-order valence-corrected chi connectivity index (χ1v) is 9.84. The summed E-state index contributed by atoms with van der Waals surface area (Å²) in [6, 6.07) is 4.01. The van der Waals surface area contributed by atoms with Crippen LogP contribution in [0.4, 0.5) is 11.4 Å². The average molecular weight is 358 g/mol. The third kappa shape index (κ3) is 2.62. The number of hydrogen-bond acceptors (Lipinski definition) is 4. The Labute approximate surface area is 150 Å². The maximum Gasteiger partial charge on any atom is 0.235 e. The van der Waals surface area contributed by atoms with Gasteiger partial charge in [0.2, 0.25) is 10.8 Å². The molecule has 2 N–H and O–H groups in total. The summed E-state index contributed by atoms with van der Waals surface area (Å²) in [7, 11) is 1.80. The molecule has 1 unspecified atom stereocenters.